The van der Waals surface area contributed by atoms with Crippen LogP contribution in [0.5, 0.6) is 0 Å². The molecule has 1 N–H and O–H groups in total. The fourth-order valence-corrected chi connectivity index (χ4v) is 2.67. The van der Waals surface area contributed by atoms with Crippen molar-refractivity contribution in [2.24, 2.45) is 11.8 Å². The van der Waals surface area contributed by atoms with Gasteiger partial charge in [-0.25, -0.2) is 0 Å². The van der Waals surface area contributed by atoms with E-state index in [2.05, 4.69) is 12.2 Å². The molecule has 14 heavy (non-hydrogen) atoms. The topological polar surface area (TPSA) is 12.0 Å². The monoisotopic (exact) mass is 195 g/mol. The van der Waals surface area contributed by atoms with E-state index in [0.717, 1.165) is 17.9 Å². The summed E-state index contributed by atoms with van der Waals surface area (Å²) in [5.74, 6) is 2.13. The van der Waals surface area contributed by atoms with Crippen LogP contribution >= 0.6 is 0 Å². The highest BCUT2D eigenvalue weighted by atomic mass is 14.9. The molecule has 0 heterocycles. The zero-order valence-corrected chi connectivity index (χ0v) is 9.60. The van der Waals surface area contributed by atoms with E-state index in [1.165, 1.54) is 57.9 Å². The van der Waals surface area contributed by atoms with Gasteiger partial charge in [0.15, 0.2) is 0 Å². The van der Waals surface area contributed by atoms with Crippen LogP contribution in [0.15, 0.2) is 0 Å². The summed E-state index contributed by atoms with van der Waals surface area (Å²) in [6.45, 7) is 3.62. The van der Waals surface area contributed by atoms with E-state index < -0.39 is 0 Å². The summed E-state index contributed by atoms with van der Waals surface area (Å²) in [5.41, 5.74) is 0. The molecule has 2 rings (SSSR count). The van der Waals surface area contributed by atoms with Gasteiger partial charge in [-0.3, -0.25) is 0 Å². The van der Waals surface area contributed by atoms with Gasteiger partial charge in [0.2, 0.25) is 0 Å². The molecule has 0 aliphatic heterocycles. The Hall–Kier alpha value is -0.0400. The molecule has 1 heteroatoms. The third-order valence-corrected chi connectivity index (χ3v) is 4.11. The van der Waals surface area contributed by atoms with Gasteiger partial charge in [-0.05, 0) is 50.5 Å². The van der Waals surface area contributed by atoms with Crippen molar-refractivity contribution in [1.82, 2.24) is 5.32 Å². The summed E-state index contributed by atoms with van der Waals surface area (Å²) in [6.07, 6.45) is 11.7. The highest BCUT2D eigenvalue weighted by Crippen LogP contribution is 2.32. The minimum absolute atomic E-state index is 0.858. The molecule has 0 unspecified atom stereocenters. The molecule has 0 aromatic heterocycles. The largest absolute Gasteiger partial charge is 0.314 e. The van der Waals surface area contributed by atoms with Crippen molar-refractivity contribution in [1.29, 1.82) is 0 Å². The van der Waals surface area contributed by atoms with E-state index in [9.17, 15) is 0 Å². The maximum atomic E-state index is 3.74. The fraction of sp³-hybridized carbons (Fsp3) is 1.00. The summed E-state index contributed by atoms with van der Waals surface area (Å²) in [7, 11) is 0. The molecule has 0 atom stereocenters. The van der Waals surface area contributed by atoms with Gasteiger partial charge in [0.1, 0.15) is 0 Å². The Morgan fingerprint density at radius 3 is 2.14 bits per heavy atom. The molecule has 0 spiro atoms. The Kier molecular flexibility index (Phi) is 3.86. The molecule has 2 saturated carbocycles. The Labute approximate surface area is 88.7 Å². The van der Waals surface area contributed by atoms with Gasteiger partial charge < -0.3 is 5.32 Å². The summed E-state index contributed by atoms with van der Waals surface area (Å²) in [4.78, 5) is 0. The van der Waals surface area contributed by atoms with Crippen LogP contribution in [-0.4, -0.2) is 12.6 Å². The SMILES string of the molecule is CCC1CCC(NCCC2CC2)CC1. The van der Waals surface area contributed by atoms with Gasteiger partial charge in [-0.2, -0.15) is 0 Å². The predicted molar refractivity (Wildman–Crippen MR) is 61.4 cm³/mol. The summed E-state index contributed by atoms with van der Waals surface area (Å²) < 4.78 is 0. The van der Waals surface area contributed by atoms with Crippen LogP contribution in [0.25, 0.3) is 0 Å². The lowest BCUT2D eigenvalue weighted by molar-refractivity contribution is 0.285. The first-order chi connectivity index (χ1) is 6.88. The minimum Gasteiger partial charge on any atom is -0.314 e. The van der Waals surface area contributed by atoms with E-state index in [1.54, 1.807) is 0 Å². The van der Waals surface area contributed by atoms with Crippen molar-refractivity contribution in [3.8, 4) is 0 Å². The van der Waals surface area contributed by atoms with Crippen molar-refractivity contribution >= 4 is 0 Å². The van der Waals surface area contributed by atoms with Crippen molar-refractivity contribution in [2.45, 2.75) is 64.3 Å². The van der Waals surface area contributed by atoms with Crippen LogP contribution in [0, 0.1) is 11.8 Å². The third kappa shape index (κ3) is 3.27. The van der Waals surface area contributed by atoms with E-state index >= 15 is 0 Å². The number of rotatable bonds is 5. The maximum Gasteiger partial charge on any atom is 0.00672 e. The molecule has 2 aliphatic rings. The van der Waals surface area contributed by atoms with Gasteiger partial charge in [0, 0.05) is 6.04 Å². The van der Waals surface area contributed by atoms with Crippen LogP contribution in [0.2, 0.25) is 0 Å². The van der Waals surface area contributed by atoms with Crippen LogP contribution in [0.4, 0.5) is 0 Å². The number of nitrogens with one attached hydrogen (secondary N) is 1. The molecule has 0 radical (unpaired) electrons. The molecule has 0 aromatic carbocycles. The Bertz CT molecular complexity index is 155. The number of hydrogen-bond donors (Lipinski definition) is 1. The second-order valence-electron chi connectivity index (χ2n) is 5.31. The van der Waals surface area contributed by atoms with Crippen LogP contribution in [-0.2, 0) is 0 Å². The molecule has 0 aromatic rings. The van der Waals surface area contributed by atoms with Gasteiger partial charge in [-0.1, -0.05) is 26.2 Å². The summed E-state index contributed by atoms with van der Waals surface area (Å²) in [5, 5.41) is 3.74. The molecule has 2 fully saturated rings. The zero-order chi connectivity index (χ0) is 9.80. The smallest absolute Gasteiger partial charge is 0.00672 e. The van der Waals surface area contributed by atoms with Gasteiger partial charge in [-0.15, -0.1) is 0 Å². The maximum absolute atomic E-state index is 3.74. The van der Waals surface area contributed by atoms with Gasteiger partial charge >= 0.3 is 0 Å². The Morgan fingerprint density at radius 2 is 1.57 bits per heavy atom. The zero-order valence-electron chi connectivity index (χ0n) is 9.60. The molecule has 0 amide bonds. The molecular formula is C13H25N. The molecule has 2 aliphatic carbocycles. The summed E-state index contributed by atoms with van der Waals surface area (Å²) >= 11 is 0. The minimum atomic E-state index is 0.858. The standard InChI is InChI=1S/C13H25N/c1-2-11-5-7-13(8-6-11)14-10-9-12-3-4-12/h11-14H,2-10H2,1H3. The van der Waals surface area contributed by atoms with Crippen LogP contribution < -0.4 is 5.32 Å². The predicted octanol–water partition coefficient (Wildman–Crippen LogP) is 3.34. The molecule has 82 valence electrons. The lowest BCUT2D eigenvalue weighted by Crippen LogP contribution is -2.33. The van der Waals surface area contributed by atoms with E-state index in [0.29, 0.717) is 0 Å². The second-order valence-corrected chi connectivity index (χ2v) is 5.31. The van der Waals surface area contributed by atoms with Crippen LogP contribution in [0.3, 0.4) is 0 Å². The van der Waals surface area contributed by atoms with Crippen molar-refractivity contribution in [3.05, 3.63) is 0 Å². The number of hydrogen-bond acceptors (Lipinski definition) is 1. The molecule has 0 bridgehead atoms. The quantitative estimate of drug-likeness (QED) is 0.709. The average Bonchev–Trinajstić information content (AvgIpc) is 3.03. The van der Waals surface area contributed by atoms with Crippen molar-refractivity contribution < 1.29 is 0 Å². The second kappa shape index (κ2) is 5.16. The molecular weight excluding hydrogens is 170 g/mol. The lowest BCUT2D eigenvalue weighted by Gasteiger charge is -2.28. The third-order valence-electron chi connectivity index (χ3n) is 4.11. The van der Waals surface area contributed by atoms with Gasteiger partial charge in [0.25, 0.3) is 0 Å². The van der Waals surface area contributed by atoms with Gasteiger partial charge in [0.05, 0.1) is 0 Å². The average molecular weight is 195 g/mol. The van der Waals surface area contributed by atoms with Crippen molar-refractivity contribution in [2.75, 3.05) is 6.54 Å². The van der Waals surface area contributed by atoms with E-state index in [-0.39, 0.29) is 0 Å². The highest BCUT2D eigenvalue weighted by molar-refractivity contribution is 4.79. The normalized spacial score (nSPS) is 33.2. The first-order valence-electron chi connectivity index (χ1n) is 6.62. The lowest BCUT2D eigenvalue weighted by atomic mass is 9.84. The Morgan fingerprint density at radius 1 is 0.929 bits per heavy atom. The van der Waals surface area contributed by atoms with Crippen LogP contribution in [0.1, 0.15) is 58.3 Å². The van der Waals surface area contributed by atoms with E-state index in [1.807, 2.05) is 0 Å². The highest BCUT2D eigenvalue weighted by Gasteiger charge is 2.22. The first-order valence-corrected chi connectivity index (χ1v) is 6.62. The van der Waals surface area contributed by atoms with E-state index in [4.69, 9.17) is 0 Å². The molecule has 1 nitrogen and oxygen atoms in total. The first kappa shape index (κ1) is 10.5. The van der Waals surface area contributed by atoms with Crippen molar-refractivity contribution in [3.63, 3.8) is 0 Å². The summed E-state index contributed by atoms with van der Waals surface area (Å²) in [6, 6.07) is 0.858. The fourth-order valence-electron chi connectivity index (χ4n) is 2.67. The molecule has 0 saturated heterocycles. The Balaban J connectivity index is 1.53.